The predicted molar refractivity (Wildman–Crippen MR) is 68.0 cm³/mol. The Morgan fingerprint density at radius 2 is 1.35 bits per heavy atom. The van der Waals surface area contributed by atoms with Gasteiger partial charge in [0.2, 0.25) is 0 Å². The highest BCUT2D eigenvalue weighted by Gasteiger charge is 1.79. The van der Waals surface area contributed by atoms with Crippen LogP contribution in [-0.4, -0.2) is 24.7 Å². The summed E-state index contributed by atoms with van der Waals surface area (Å²) in [6.07, 6.45) is 0. The van der Waals surface area contributed by atoms with Crippen molar-refractivity contribution in [2.45, 2.75) is 0 Å². The molecule has 0 aliphatic rings. The zero-order valence-corrected chi connectivity index (χ0v) is 11.2. The van der Waals surface area contributed by atoms with Gasteiger partial charge in [0.25, 0.3) is 0 Å². The van der Waals surface area contributed by atoms with Gasteiger partial charge in [0.15, 0.2) is 0 Å². The van der Waals surface area contributed by atoms with Gasteiger partial charge >= 0.3 is 16.5 Å². The molecule has 0 spiro atoms. The smallest absolute Gasteiger partial charge is 0.314 e. The van der Waals surface area contributed by atoms with Crippen molar-refractivity contribution in [3.05, 3.63) is 30.3 Å². The molecule has 1 aromatic rings. The summed E-state index contributed by atoms with van der Waals surface area (Å²) in [5.74, 6) is 0. The van der Waals surface area contributed by atoms with E-state index in [1.807, 2.05) is 30.3 Å². The van der Waals surface area contributed by atoms with Crippen molar-refractivity contribution >= 4 is 39.6 Å². The van der Waals surface area contributed by atoms with E-state index in [0.717, 1.165) is 5.69 Å². The van der Waals surface area contributed by atoms with Crippen molar-refractivity contribution in [2.24, 2.45) is 4.99 Å². The van der Waals surface area contributed by atoms with Crippen LogP contribution >= 0.6 is 28.7 Å². The maximum absolute atomic E-state index is 8.74. The molecule has 0 bridgehead atoms. The molecular weight excluding hydrogens is 288 g/mol. The molecular formula is C7H11NO6P2S. The van der Waals surface area contributed by atoms with Crippen LogP contribution in [0.15, 0.2) is 35.3 Å². The maximum Gasteiger partial charge on any atom is 0.314 e. The highest BCUT2D eigenvalue weighted by Crippen LogP contribution is 2.07. The minimum Gasteiger partial charge on any atom is -0.326 e. The Balaban J connectivity index is 0. The lowest BCUT2D eigenvalue weighted by atomic mass is 10.3. The molecule has 0 saturated carbocycles. The first-order valence-electron chi connectivity index (χ1n) is 3.86. The van der Waals surface area contributed by atoms with Gasteiger partial charge in [-0.15, -0.1) is 0 Å². The summed E-state index contributed by atoms with van der Waals surface area (Å²) >= 11 is 4.42. The Kier molecular flexibility index (Phi) is 14.7. The molecule has 0 amide bonds. The largest absolute Gasteiger partial charge is 0.326 e. The molecule has 7 nitrogen and oxygen atoms in total. The van der Waals surface area contributed by atoms with Gasteiger partial charge in [-0.1, -0.05) is 18.2 Å². The van der Waals surface area contributed by atoms with E-state index in [1.54, 1.807) is 0 Å². The number of rotatable bonds is 1. The molecule has 0 saturated heterocycles. The highest BCUT2D eigenvalue weighted by molar-refractivity contribution is 7.78. The van der Waals surface area contributed by atoms with Crippen LogP contribution in [0.3, 0.4) is 0 Å². The Morgan fingerprint density at radius 3 is 1.65 bits per heavy atom. The Hall–Kier alpha value is -0.680. The summed E-state index contributed by atoms with van der Waals surface area (Å²) in [4.78, 5) is 32.4. The minimum atomic E-state index is -3.13. The normalized spacial score (nSPS) is 8.35. The fourth-order valence-electron chi connectivity index (χ4n) is 0.555. The molecule has 0 fully saturated rings. The first-order chi connectivity index (χ1) is 7.90. The summed E-state index contributed by atoms with van der Waals surface area (Å²) in [6, 6.07) is 9.50. The SMILES string of the molecule is O=[PH](O)O.O=[PH](O)O.S=C=Nc1ccccc1. The van der Waals surface area contributed by atoms with Gasteiger partial charge in [-0.2, -0.15) is 4.99 Å². The van der Waals surface area contributed by atoms with Gasteiger partial charge in [-0.25, -0.2) is 0 Å². The average Bonchev–Trinajstić information content (AvgIpc) is 2.18. The molecule has 1 rings (SSSR count). The van der Waals surface area contributed by atoms with Gasteiger partial charge in [0.05, 0.1) is 10.8 Å². The van der Waals surface area contributed by atoms with E-state index in [9.17, 15) is 0 Å². The number of hydrogen-bond donors (Lipinski definition) is 4. The molecule has 0 unspecified atom stereocenters. The number of benzene rings is 1. The monoisotopic (exact) mass is 299 g/mol. The summed E-state index contributed by atoms with van der Waals surface area (Å²) < 4.78 is 17.5. The molecule has 17 heavy (non-hydrogen) atoms. The highest BCUT2D eigenvalue weighted by atomic mass is 32.1. The Bertz CT molecular complexity index is 375. The molecule has 4 N–H and O–H groups in total. The van der Waals surface area contributed by atoms with Crippen LogP contribution in [0.5, 0.6) is 0 Å². The lowest BCUT2D eigenvalue weighted by Gasteiger charge is -1.83. The Morgan fingerprint density at radius 1 is 1.00 bits per heavy atom. The molecule has 0 atom stereocenters. The summed E-state index contributed by atoms with van der Waals surface area (Å²) in [5, 5.41) is 2.29. The van der Waals surface area contributed by atoms with Gasteiger partial charge in [0.1, 0.15) is 0 Å². The van der Waals surface area contributed by atoms with E-state index in [-0.39, 0.29) is 0 Å². The topological polar surface area (TPSA) is 127 Å². The number of isothiocyanates is 1. The van der Waals surface area contributed by atoms with Crippen molar-refractivity contribution in [1.29, 1.82) is 0 Å². The van der Waals surface area contributed by atoms with E-state index >= 15 is 0 Å². The van der Waals surface area contributed by atoms with Crippen LogP contribution < -0.4 is 0 Å². The molecule has 0 radical (unpaired) electrons. The van der Waals surface area contributed by atoms with Crippen LogP contribution in [-0.2, 0) is 9.13 Å². The van der Waals surface area contributed by atoms with Crippen molar-refractivity contribution in [3.8, 4) is 0 Å². The van der Waals surface area contributed by atoms with Crippen LogP contribution in [0.2, 0.25) is 0 Å². The summed E-state index contributed by atoms with van der Waals surface area (Å²) in [6.45, 7) is 0. The van der Waals surface area contributed by atoms with E-state index in [4.69, 9.17) is 28.7 Å². The number of nitrogens with zero attached hydrogens (tertiary/aromatic N) is 1. The number of hydrogen-bond acceptors (Lipinski definition) is 4. The molecule has 96 valence electrons. The van der Waals surface area contributed by atoms with E-state index in [0.29, 0.717) is 0 Å². The molecule has 10 heteroatoms. The number of thiocarbonyl (C=S) groups is 1. The maximum atomic E-state index is 8.74. The van der Waals surface area contributed by atoms with Crippen LogP contribution in [0.25, 0.3) is 0 Å². The van der Waals surface area contributed by atoms with Gasteiger partial charge in [-0.3, -0.25) is 9.13 Å². The van der Waals surface area contributed by atoms with Crippen molar-refractivity contribution in [3.63, 3.8) is 0 Å². The third-order valence-corrected chi connectivity index (χ3v) is 1.02. The number of para-hydroxylation sites is 1. The van der Waals surface area contributed by atoms with E-state index in [2.05, 4.69) is 22.4 Å². The van der Waals surface area contributed by atoms with Gasteiger partial charge in [0, 0.05) is 0 Å². The van der Waals surface area contributed by atoms with E-state index < -0.39 is 16.5 Å². The average molecular weight is 299 g/mol. The first-order valence-corrected chi connectivity index (χ1v) is 6.88. The second-order valence-electron chi connectivity index (χ2n) is 2.10. The van der Waals surface area contributed by atoms with E-state index in [1.165, 1.54) is 0 Å². The van der Waals surface area contributed by atoms with Crippen LogP contribution in [0, 0.1) is 0 Å². The van der Waals surface area contributed by atoms with Crippen molar-refractivity contribution in [2.75, 3.05) is 0 Å². The lowest BCUT2D eigenvalue weighted by molar-refractivity contribution is 0.403. The number of aliphatic imine (C=N–C) groups is 1. The minimum absolute atomic E-state index is 0.854. The molecule has 0 heterocycles. The second-order valence-corrected chi connectivity index (χ2v) is 3.42. The third-order valence-electron chi connectivity index (χ3n) is 0.931. The Labute approximate surface area is 104 Å². The zero-order valence-electron chi connectivity index (χ0n) is 8.35. The van der Waals surface area contributed by atoms with Crippen LogP contribution in [0.1, 0.15) is 0 Å². The van der Waals surface area contributed by atoms with Crippen molar-refractivity contribution < 1.29 is 28.7 Å². The quantitative estimate of drug-likeness (QED) is 0.348. The molecule has 0 aliphatic carbocycles. The predicted octanol–water partition coefficient (Wildman–Crippen LogP) is 1.14. The fourth-order valence-corrected chi connectivity index (χ4v) is 0.661. The third kappa shape index (κ3) is 25.5. The van der Waals surface area contributed by atoms with Crippen molar-refractivity contribution in [1.82, 2.24) is 0 Å². The molecule has 1 aromatic carbocycles. The zero-order chi connectivity index (χ0) is 13.7. The lowest BCUT2D eigenvalue weighted by Crippen LogP contribution is -1.58. The fraction of sp³-hybridized carbons (Fsp3) is 0. The molecule has 0 aliphatic heterocycles. The standard InChI is InChI=1S/C7H5NS.2H3O3P/c9-6-8-7-4-2-1-3-5-7;2*1-4(2)3/h1-5H;2*4H,(H2,1,2,3). The van der Waals surface area contributed by atoms with Crippen LogP contribution in [0.4, 0.5) is 5.69 Å². The van der Waals surface area contributed by atoms with Gasteiger partial charge < -0.3 is 19.6 Å². The second kappa shape index (κ2) is 13.4. The summed E-state index contributed by atoms with van der Waals surface area (Å²) in [7, 11) is -6.26. The molecule has 0 aromatic heterocycles. The van der Waals surface area contributed by atoms with Gasteiger partial charge in [-0.05, 0) is 24.4 Å². The summed E-state index contributed by atoms with van der Waals surface area (Å²) in [5.41, 5.74) is 0.854. The first kappa shape index (κ1) is 18.7.